The summed E-state index contributed by atoms with van der Waals surface area (Å²) in [6, 6.07) is 7.13. The van der Waals surface area contributed by atoms with Crippen molar-refractivity contribution in [1.82, 2.24) is 25.5 Å². The fourth-order valence-corrected chi connectivity index (χ4v) is 2.35. The Kier molecular flexibility index (Phi) is 3.38. The van der Waals surface area contributed by atoms with Crippen molar-refractivity contribution in [2.24, 2.45) is 0 Å². The van der Waals surface area contributed by atoms with Crippen LogP contribution in [0.15, 0.2) is 41.1 Å². The number of furan rings is 1. The molecule has 1 fully saturated rings. The van der Waals surface area contributed by atoms with Gasteiger partial charge in [0.15, 0.2) is 5.76 Å². The highest BCUT2D eigenvalue weighted by atomic mass is 16.3. The topological polar surface area (TPSA) is 96.7 Å². The molecule has 3 aromatic heterocycles. The zero-order valence-corrected chi connectivity index (χ0v) is 12.3. The second-order valence-corrected chi connectivity index (χ2v) is 5.51. The van der Waals surface area contributed by atoms with Crippen LogP contribution in [0.25, 0.3) is 11.6 Å². The highest BCUT2D eigenvalue weighted by molar-refractivity contribution is 5.94. The molecule has 116 valence electrons. The van der Waals surface area contributed by atoms with E-state index in [1.54, 1.807) is 30.7 Å². The number of nitrogens with one attached hydrogen (secondary N) is 2. The number of amides is 1. The first kappa shape index (κ1) is 13.7. The molecule has 1 aliphatic carbocycles. The molecule has 0 spiro atoms. The number of H-pyrrole nitrogens is 1. The van der Waals surface area contributed by atoms with Gasteiger partial charge in [-0.25, -0.2) is 4.98 Å². The van der Waals surface area contributed by atoms with E-state index in [-0.39, 0.29) is 12.5 Å². The number of pyridine rings is 1. The Balaban J connectivity index is 1.40. The van der Waals surface area contributed by atoms with Gasteiger partial charge in [-0.3, -0.25) is 14.9 Å². The monoisotopic (exact) mass is 309 g/mol. The Morgan fingerprint density at radius 2 is 2.30 bits per heavy atom. The number of rotatable bonds is 5. The summed E-state index contributed by atoms with van der Waals surface area (Å²) in [4.78, 5) is 20.8. The molecule has 0 aromatic carbocycles. The lowest BCUT2D eigenvalue weighted by Gasteiger charge is -2.04. The summed E-state index contributed by atoms with van der Waals surface area (Å²) in [5, 5.41) is 9.69. The van der Waals surface area contributed by atoms with Gasteiger partial charge in [-0.2, -0.15) is 0 Å². The average molecular weight is 309 g/mol. The third-order valence-corrected chi connectivity index (χ3v) is 3.73. The van der Waals surface area contributed by atoms with Gasteiger partial charge in [-0.15, -0.1) is 5.10 Å². The standard InChI is InChI=1S/C16H15N5O2/c22-16(11-5-6-17-12(8-11)10-3-4-10)18-9-14-19-15(21-20-14)13-2-1-7-23-13/h1-2,5-8,10H,3-4,9H2,(H,18,22)(H,19,20,21). The van der Waals surface area contributed by atoms with Gasteiger partial charge in [0, 0.05) is 23.4 Å². The number of aromatic nitrogens is 4. The number of nitrogens with zero attached hydrogens (tertiary/aromatic N) is 3. The van der Waals surface area contributed by atoms with Gasteiger partial charge >= 0.3 is 0 Å². The molecule has 0 saturated heterocycles. The number of aromatic amines is 1. The molecule has 3 aromatic rings. The van der Waals surface area contributed by atoms with Crippen LogP contribution in [-0.4, -0.2) is 26.1 Å². The molecule has 7 nitrogen and oxygen atoms in total. The second kappa shape index (κ2) is 5.68. The van der Waals surface area contributed by atoms with Gasteiger partial charge in [0.2, 0.25) is 5.82 Å². The normalized spacial score (nSPS) is 13.9. The van der Waals surface area contributed by atoms with Crippen LogP contribution in [0.2, 0.25) is 0 Å². The molecule has 0 aliphatic heterocycles. The molecule has 0 radical (unpaired) electrons. The highest BCUT2D eigenvalue weighted by Crippen LogP contribution is 2.38. The lowest BCUT2D eigenvalue weighted by atomic mass is 10.1. The molecule has 1 aliphatic rings. The van der Waals surface area contributed by atoms with Gasteiger partial charge < -0.3 is 9.73 Å². The number of hydrogen-bond donors (Lipinski definition) is 2. The van der Waals surface area contributed by atoms with E-state index in [2.05, 4.69) is 25.5 Å². The molecule has 2 N–H and O–H groups in total. The Labute approximate surface area is 132 Å². The Bertz CT molecular complexity index is 821. The lowest BCUT2D eigenvalue weighted by Crippen LogP contribution is -2.23. The third kappa shape index (κ3) is 2.98. The van der Waals surface area contributed by atoms with E-state index in [4.69, 9.17) is 4.42 Å². The molecule has 7 heteroatoms. The molecule has 1 amide bonds. The summed E-state index contributed by atoms with van der Waals surface area (Å²) in [6.45, 7) is 0.271. The molecular formula is C16H15N5O2. The summed E-state index contributed by atoms with van der Waals surface area (Å²) in [5.74, 6) is 2.00. The minimum Gasteiger partial charge on any atom is -0.461 e. The molecule has 3 heterocycles. The van der Waals surface area contributed by atoms with Crippen molar-refractivity contribution in [2.45, 2.75) is 25.3 Å². The van der Waals surface area contributed by atoms with Crippen LogP contribution in [-0.2, 0) is 6.54 Å². The first-order chi connectivity index (χ1) is 11.3. The van der Waals surface area contributed by atoms with Crippen molar-refractivity contribution in [3.63, 3.8) is 0 Å². The van der Waals surface area contributed by atoms with Gasteiger partial charge in [0.25, 0.3) is 5.91 Å². The van der Waals surface area contributed by atoms with E-state index >= 15 is 0 Å². The smallest absolute Gasteiger partial charge is 0.251 e. The predicted molar refractivity (Wildman–Crippen MR) is 81.5 cm³/mol. The van der Waals surface area contributed by atoms with Crippen LogP contribution in [0, 0.1) is 0 Å². The van der Waals surface area contributed by atoms with Crippen LogP contribution >= 0.6 is 0 Å². The summed E-state index contributed by atoms with van der Waals surface area (Å²) in [5.41, 5.74) is 1.62. The summed E-state index contributed by atoms with van der Waals surface area (Å²) >= 11 is 0. The predicted octanol–water partition coefficient (Wildman–Crippen LogP) is 2.27. The van der Waals surface area contributed by atoms with Crippen molar-refractivity contribution in [3.05, 3.63) is 53.8 Å². The summed E-state index contributed by atoms with van der Waals surface area (Å²) in [6.07, 6.45) is 5.57. The molecule has 1 saturated carbocycles. The second-order valence-electron chi connectivity index (χ2n) is 5.51. The van der Waals surface area contributed by atoms with Crippen LogP contribution < -0.4 is 5.32 Å². The van der Waals surface area contributed by atoms with Crippen molar-refractivity contribution in [1.29, 1.82) is 0 Å². The molecule has 4 rings (SSSR count). The van der Waals surface area contributed by atoms with E-state index in [1.165, 1.54) is 0 Å². The van der Waals surface area contributed by atoms with Crippen molar-refractivity contribution >= 4 is 5.91 Å². The van der Waals surface area contributed by atoms with E-state index in [1.807, 2.05) is 6.07 Å². The number of hydrogen-bond acceptors (Lipinski definition) is 5. The molecule has 0 unspecified atom stereocenters. The SMILES string of the molecule is O=C(NCc1nc(-c2ccco2)n[nH]1)c1ccnc(C2CC2)c1. The number of carbonyl (C=O) groups excluding carboxylic acids is 1. The fraction of sp³-hybridized carbons (Fsp3) is 0.250. The van der Waals surface area contributed by atoms with E-state index < -0.39 is 0 Å². The zero-order valence-electron chi connectivity index (χ0n) is 12.3. The van der Waals surface area contributed by atoms with E-state index in [0.717, 1.165) is 18.5 Å². The van der Waals surface area contributed by atoms with Gasteiger partial charge in [0.05, 0.1) is 12.8 Å². The Hall–Kier alpha value is -2.96. The average Bonchev–Trinajstić information content (AvgIpc) is 3.09. The van der Waals surface area contributed by atoms with Crippen molar-refractivity contribution in [2.75, 3.05) is 0 Å². The van der Waals surface area contributed by atoms with E-state index in [0.29, 0.717) is 28.9 Å². The van der Waals surface area contributed by atoms with Gasteiger partial charge in [-0.1, -0.05) is 0 Å². The van der Waals surface area contributed by atoms with Gasteiger partial charge in [0.1, 0.15) is 5.82 Å². The lowest BCUT2D eigenvalue weighted by molar-refractivity contribution is 0.0949. The quantitative estimate of drug-likeness (QED) is 0.753. The molecular weight excluding hydrogens is 294 g/mol. The molecule has 23 heavy (non-hydrogen) atoms. The summed E-state index contributed by atoms with van der Waals surface area (Å²) < 4.78 is 5.23. The van der Waals surface area contributed by atoms with Crippen LogP contribution in [0.4, 0.5) is 0 Å². The van der Waals surface area contributed by atoms with Crippen LogP contribution in [0.3, 0.4) is 0 Å². The van der Waals surface area contributed by atoms with Crippen molar-refractivity contribution in [3.8, 4) is 11.6 Å². The first-order valence-corrected chi connectivity index (χ1v) is 7.49. The minimum atomic E-state index is -0.148. The van der Waals surface area contributed by atoms with Crippen LogP contribution in [0.5, 0.6) is 0 Å². The third-order valence-electron chi connectivity index (χ3n) is 3.73. The highest BCUT2D eigenvalue weighted by Gasteiger charge is 2.25. The molecule has 0 bridgehead atoms. The molecule has 0 atom stereocenters. The first-order valence-electron chi connectivity index (χ1n) is 7.49. The number of carbonyl (C=O) groups is 1. The van der Waals surface area contributed by atoms with Crippen LogP contribution in [0.1, 0.15) is 40.6 Å². The zero-order chi connectivity index (χ0) is 15.6. The maximum Gasteiger partial charge on any atom is 0.251 e. The summed E-state index contributed by atoms with van der Waals surface area (Å²) in [7, 11) is 0. The maximum absolute atomic E-state index is 12.2. The maximum atomic E-state index is 12.2. The Morgan fingerprint density at radius 1 is 1.39 bits per heavy atom. The van der Waals surface area contributed by atoms with E-state index in [9.17, 15) is 4.79 Å². The fourth-order valence-electron chi connectivity index (χ4n) is 2.35. The van der Waals surface area contributed by atoms with Crippen molar-refractivity contribution < 1.29 is 9.21 Å². The Morgan fingerprint density at radius 3 is 3.09 bits per heavy atom. The minimum absolute atomic E-state index is 0.148. The van der Waals surface area contributed by atoms with Gasteiger partial charge in [-0.05, 0) is 37.1 Å². The largest absolute Gasteiger partial charge is 0.461 e.